The number of rotatable bonds is 7. The molecule has 0 spiro atoms. The molecule has 1 heterocycles. The monoisotopic (exact) mass is 377 g/mol. The highest BCUT2D eigenvalue weighted by Crippen LogP contribution is 2.25. The van der Waals surface area contributed by atoms with E-state index >= 15 is 0 Å². The fourth-order valence-corrected chi connectivity index (χ4v) is 3.99. The summed E-state index contributed by atoms with van der Waals surface area (Å²) in [6, 6.07) is 7.36. The Morgan fingerprint density at radius 3 is 2.46 bits per heavy atom. The number of nitrogens with zero attached hydrogens (tertiary/aromatic N) is 1. The number of amides is 2. The third-order valence-electron chi connectivity index (χ3n) is 4.47. The van der Waals surface area contributed by atoms with Gasteiger partial charge in [-0.15, -0.1) is 11.8 Å². The molecule has 2 rings (SSSR count). The van der Waals surface area contributed by atoms with Crippen molar-refractivity contribution in [3.05, 3.63) is 35.4 Å². The fraction of sp³-hybridized carbons (Fsp3) is 0.600. The fourth-order valence-electron chi connectivity index (χ4n) is 2.83. The molecular formula is C20H31N3O2S. The summed E-state index contributed by atoms with van der Waals surface area (Å²) in [5.41, 5.74) is 1.89. The predicted octanol–water partition coefficient (Wildman–Crippen LogP) is 2.62. The van der Waals surface area contributed by atoms with Crippen molar-refractivity contribution in [1.82, 2.24) is 15.5 Å². The van der Waals surface area contributed by atoms with Crippen LogP contribution in [0.25, 0.3) is 0 Å². The lowest BCUT2D eigenvalue weighted by molar-refractivity contribution is -0.124. The Balaban J connectivity index is 1.96. The smallest absolute Gasteiger partial charge is 0.255 e. The molecule has 1 aliphatic rings. The molecule has 1 fully saturated rings. The number of hydrogen-bond donors (Lipinski definition) is 2. The van der Waals surface area contributed by atoms with Gasteiger partial charge in [0.25, 0.3) is 5.91 Å². The summed E-state index contributed by atoms with van der Waals surface area (Å²) in [5, 5.41) is 6.20. The topological polar surface area (TPSA) is 61.4 Å². The standard InChI is InChI=1S/C20H31N3O2S/c1-5-10-21-11-12-22-18(24)17-13-26-14-23(17)19(25)15-6-8-16(9-7-15)20(2,3)4/h6-9,17,21H,5,10-14H2,1-4H3,(H,22,24). The van der Waals surface area contributed by atoms with E-state index in [0.29, 0.717) is 23.7 Å². The summed E-state index contributed by atoms with van der Waals surface area (Å²) >= 11 is 1.62. The van der Waals surface area contributed by atoms with Crippen LogP contribution in [0.3, 0.4) is 0 Å². The first-order valence-electron chi connectivity index (χ1n) is 9.32. The molecule has 0 aromatic heterocycles. The molecule has 1 atom stereocenters. The maximum Gasteiger partial charge on any atom is 0.255 e. The van der Waals surface area contributed by atoms with E-state index in [4.69, 9.17) is 0 Å². The Kier molecular flexibility index (Phi) is 7.53. The highest BCUT2D eigenvalue weighted by Gasteiger charge is 2.35. The molecule has 1 aliphatic heterocycles. The molecule has 1 saturated heterocycles. The second-order valence-electron chi connectivity index (χ2n) is 7.66. The zero-order valence-corrected chi connectivity index (χ0v) is 17.1. The van der Waals surface area contributed by atoms with E-state index in [0.717, 1.165) is 19.5 Å². The quantitative estimate of drug-likeness (QED) is 0.717. The predicted molar refractivity (Wildman–Crippen MR) is 109 cm³/mol. The van der Waals surface area contributed by atoms with Crippen molar-refractivity contribution < 1.29 is 9.59 Å². The SMILES string of the molecule is CCCNCCNC(=O)C1CSCN1C(=O)c1ccc(C(C)(C)C)cc1. The first-order chi connectivity index (χ1) is 12.3. The molecule has 1 aromatic rings. The number of benzene rings is 1. The van der Waals surface area contributed by atoms with Gasteiger partial charge < -0.3 is 15.5 Å². The van der Waals surface area contributed by atoms with Gasteiger partial charge in [-0.25, -0.2) is 0 Å². The van der Waals surface area contributed by atoms with Gasteiger partial charge in [0.1, 0.15) is 6.04 Å². The zero-order chi connectivity index (χ0) is 19.2. The van der Waals surface area contributed by atoms with Crippen LogP contribution in [0.15, 0.2) is 24.3 Å². The number of carbonyl (C=O) groups is 2. The third-order valence-corrected chi connectivity index (χ3v) is 5.48. The maximum absolute atomic E-state index is 12.9. The number of hydrogen-bond acceptors (Lipinski definition) is 4. The van der Waals surface area contributed by atoms with Gasteiger partial charge in [0, 0.05) is 24.4 Å². The number of thioether (sulfide) groups is 1. The lowest BCUT2D eigenvalue weighted by Gasteiger charge is -2.24. The lowest BCUT2D eigenvalue weighted by Crippen LogP contribution is -2.48. The lowest BCUT2D eigenvalue weighted by atomic mass is 9.86. The minimum absolute atomic E-state index is 0.0549. The first-order valence-corrected chi connectivity index (χ1v) is 10.5. The Labute approximate surface area is 161 Å². The van der Waals surface area contributed by atoms with Crippen molar-refractivity contribution in [2.45, 2.75) is 45.6 Å². The van der Waals surface area contributed by atoms with Crippen LogP contribution in [0, 0.1) is 0 Å². The maximum atomic E-state index is 12.9. The van der Waals surface area contributed by atoms with E-state index in [1.165, 1.54) is 5.56 Å². The molecule has 6 heteroatoms. The van der Waals surface area contributed by atoms with Crippen LogP contribution in [0.2, 0.25) is 0 Å². The summed E-state index contributed by atoms with van der Waals surface area (Å²) in [6.45, 7) is 10.8. The van der Waals surface area contributed by atoms with Gasteiger partial charge in [0.2, 0.25) is 5.91 Å². The van der Waals surface area contributed by atoms with Gasteiger partial charge in [-0.2, -0.15) is 0 Å². The largest absolute Gasteiger partial charge is 0.353 e. The zero-order valence-electron chi connectivity index (χ0n) is 16.3. The molecule has 2 N–H and O–H groups in total. The molecule has 0 saturated carbocycles. The van der Waals surface area contributed by atoms with E-state index in [2.05, 4.69) is 38.3 Å². The highest BCUT2D eigenvalue weighted by atomic mass is 32.2. The summed E-state index contributed by atoms with van der Waals surface area (Å²) in [5.74, 6) is 1.08. The van der Waals surface area contributed by atoms with Crippen LogP contribution in [0.5, 0.6) is 0 Å². The van der Waals surface area contributed by atoms with E-state index in [9.17, 15) is 9.59 Å². The minimum Gasteiger partial charge on any atom is -0.353 e. The molecule has 0 radical (unpaired) electrons. The molecular weight excluding hydrogens is 346 g/mol. The van der Waals surface area contributed by atoms with Crippen molar-refractivity contribution in [3.63, 3.8) is 0 Å². The van der Waals surface area contributed by atoms with Gasteiger partial charge in [-0.1, -0.05) is 39.8 Å². The van der Waals surface area contributed by atoms with Gasteiger partial charge in [0.15, 0.2) is 0 Å². The molecule has 0 aliphatic carbocycles. The van der Waals surface area contributed by atoms with Gasteiger partial charge in [-0.3, -0.25) is 9.59 Å². The van der Waals surface area contributed by atoms with E-state index in [1.807, 2.05) is 24.3 Å². The van der Waals surface area contributed by atoms with Gasteiger partial charge >= 0.3 is 0 Å². The van der Waals surface area contributed by atoms with E-state index in [1.54, 1.807) is 16.7 Å². The van der Waals surface area contributed by atoms with E-state index < -0.39 is 0 Å². The van der Waals surface area contributed by atoms with Gasteiger partial charge in [-0.05, 0) is 36.1 Å². The van der Waals surface area contributed by atoms with Crippen molar-refractivity contribution in [2.75, 3.05) is 31.3 Å². The Morgan fingerprint density at radius 1 is 1.15 bits per heavy atom. The highest BCUT2D eigenvalue weighted by molar-refractivity contribution is 7.99. The molecule has 5 nitrogen and oxygen atoms in total. The van der Waals surface area contributed by atoms with Crippen molar-refractivity contribution >= 4 is 23.6 Å². The van der Waals surface area contributed by atoms with E-state index in [-0.39, 0.29) is 23.3 Å². The van der Waals surface area contributed by atoms with Crippen molar-refractivity contribution in [3.8, 4) is 0 Å². The van der Waals surface area contributed by atoms with Crippen LogP contribution in [0.4, 0.5) is 0 Å². The summed E-state index contributed by atoms with van der Waals surface area (Å²) < 4.78 is 0. The third kappa shape index (κ3) is 5.48. The Morgan fingerprint density at radius 2 is 1.85 bits per heavy atom. The van der Waals surface area contributed by atoms with Crippen molar-refractivity contribution in [1.29, 1.82) is 0 Å². The average molecular weight is 378 g/mol. The summed E-state index contributed by atoms with van der Waals surface area (Å²) in [7, 11) is 0. The molecule has 26 heavy (non-hydrogen) atoms. The Bertz CT molecular complexity index is 610. The van der Waals surface area contributed by atoms with Crippen molar-refractivity contribution in [2.24, 2.45) is 0 Å². The average Bonchev–Trinajstić information content (AvgIpc) is 3.10. The molecule has 2 amide bonds. The van der Waals surface area contributed by atoms with Crippen LogP contribution >= 0.6 is 11.8 Å². The second-order valence-corrected chi connectivity index (χ2v) is 8.66. The van der Waals surface area contributed by atoms with Crippen LogP contribution in [0.1, 0.15) is 50.0 Å². The van der Waals surface area contributed by atoms with Gasteiger partial charge in [0.05, 0.1) is 5.88 Å². The first kappa shape index (κ1) is 20.8. The molecule has 1 unspecified atom stereocenters. The number of carbonyl (C=O) groups excluding carboxylic acids is 2. The molecule has 0 bridgehead atoms. The van der Waals surface area contributed by atoms with Crippen LogP contribution < -0.4 is 10.6 Å². The Hall–Kier alpha value is -1.53. The summed E-state index contributed by atoms with van der Waals surface area (Å²) in [6.07, 6.45) is 1.07. The molecule has 144 valence electrons. The normalized spacial score (nSPS) is 17.4. The summed E-state index contributed by atoms with van der Waals surface area (Å²) in [4.78, 5) is 27.0. The molecule has 1 aromatic carbocycles. The minimum atomic E-state index is -0.388. The number of nitrogens with one attached hydrogen (secondary N) is 2. The van der Waals surface area contributed by atoms with Crippen LogP contribution in [-0.2, 0) is 10.2 Å². The second kappa shape index (κ2) is 9.42. The van der Waals surface area contributed by atoms with Crippen LogP contribution in [-0.4, -0.2) is 54.0 Å².